The second kappa shape index (κ2) is 5.16. The average molecular weight is 249 g/mol. The maximum absolute atomic E-state index is 10.6. The lowest BCUT2D eigenvalue weighted by atomic mass is 9.94. The van der Waals surface area contributed by atoms with Gasteiger partial charge in [-0.3, -0.25) is 9.89 Å². The van der Waals surface area contributed by atoms with E-state index in [4.69, 9.17) is 9.88 Å². The Bertz CT molecular complexity index is 493. The number of nitrogens with zero attached hydrogens (tertiary/aromatic N) is 1. The number of rotatable bonds is 5. The standard InChI is InChI=1S/C12H15N3O3/c1-9-4-3-5-12(2,6-9)17-18-15-11-10(8-16)7-13-14-11/h3-4,6-8H,5H2,1-2H3,(H2,13,14,15)/t12-/m0/s1. The third-order valence-corrected chi connectivity index (χ3v) is 2.61. The molecule has 1 aliphatic carbocycles. The molecular weight excluding hydrogens is 234 g/mol. The fraction of sp³-hybridized carbons (Fsp3) is 0.333. The number of anilines is 1. The van der Waals surface area contributed by atoms with Crippen molar-refractivity contribution in [1.29, 1.82) is 0 Å². The van der Waals surface area contributed by atoms with Crippen LogP contribution in [-0.4, -0.2) is 22.1 Å². The Labute approximate surface area is 105 Å². The molecule has 0 unspecified atom stereocenters. The summed E-state index contributed by atoms with van der Waals surface area (Å²) in [5, 5.41) is 6.30. The predicted octanol–water partition coefficient (Wildman–Crippen LogP) is 2.16. The molecule has 2 N–H and O–H groups in total. The summed E-state index contributed by atoms with van der Waals surface area (Å²) in [6, 6.07) is 0. The number of carbonyl (C=O) groups is 1. The van der Waals surface area contributed by atoms with Gasteiger partial charge in [-0.2, -0.15) is 5.10 Å². The Morgan fingerprint density at radius 1 is 1.61 bits per heavy atom. The number of allylic oxidation sites excluding steroid dienone is 2. The first kappa shape index (κ1) is 12.5. The predicted molar refractivity (Wildman–Crippen MR) is 65.7 cm³/mol. The molecule has 0 amide bonds. The van der Waals surface area contributed by atoms with Crippen LogP contribution in [0, 0.1) is 0 Å². The summed E-state index contributed by atoms with van der Waals surface area (Å²) >= 11 is 0. The first-order valence-electron chi connectivity index (χ1n) is 5.58. The van der Waals surface area contributed by atoms with Gasteiger partial charge >= 0.3 is 0 Å². The van der Waals surface area contributed by atoms with Gasteiger partial charge in [-0.1, -0.05) is 17.7 Å². The zero-order valence-corrected chi connectivity index (χ0v) is 10.3. The van der Waals surface area contributed by atoms with Gasteiger partial charge in [0.1, 0.15) is 5.60 Å². The van der Waals surface area contributed by atoms with Crippen molar-refractivity contribution >= 4 is 12.1 Å². The van der Waals surface area contributed by atoms with Crippen LogP contribution in [0.4, 0.5) is 5.82 Å². The number of hydrogen-bond donors (Lipinski definition) is 2. The van der Waals surface area contributed by atoms with Crippen molar-refractivity contribution in [2.75, 3.05) is 5.48 Å². The Morgan fingerprint density at radius 2 is 2.44 bits per heavy atom. The smallest absolute Gasteiger partial charge is 0.159 e. The summed E-state index contributed by atoms with van der Waals surface area (Å²) in [7, 11) is 0. The van der Waals surface area contributed by atoms with Crippen LogP contribution >= 0.6 is 0 Å². The average Bonchev–Trinajstić information content (AvgIpc) is 2.76. The minimum atomic E-state index is -0.521. The van der Waals surface area contributed by atoms with E-state index in [9.17, 15) is 4.79 Å². The second-order valence-corrected chi connectivity index (χ2v) is 4.39. The van der Waals surface area contributed by atoms with Gasteiger partial charge in [0.2, 0.25) is 0 Å². The summed E-state index contributed by atoms with van der Waals surface area (Å²) in [5.41, 5.74) is 3.47. The number of nitrogens with one attached hydrogen (secondary N) is 2. The number of aldehydes is 1. The van der Waals surface area contributed by atoms with Crippen molar-refractivity contribution in [2.45, 2.75) is 25.9 Å². The summed E-state index contributed by atoms with van der Waals surface area (Å²) in [6.45, 7) is 3.90. The quantitative estimate of drug-likeness (QED) is 0.475. The fourth-order valence-corrected chi connectivity index (χ4v) is 1.75. The van der Waals surface area contributed by atoms with Crippen LogP contribution in [-0.2, 0) is 9.88 Å². The second-order valence-electron chi connectivity index (χ2n) is 4.39. The van der Waals surface area contributed by atoms with Gasteiger partial charge in [0.25, 0.3) is 0 Å². The molecule has 6 nitrogen and oxygen atoms in total. The number of aromatic nitrogens is 2. The van der Waals surface area contributed by atoms with Gasteiger partial charge in [-0.25, -0.2) is 10.4 Å². The molecule has 0 saturated heterocycles. The van der Waals surface area contributed by atoms with E-state index in [2.05, 4.69) is 15.7 Å². The van der Waals surface area contributed by atoms with E-state index in [-0.39, 0.29) is 0 Å². The Hall–Kier alpha value is -1.92. The highest BCUT2D eigenvalue weighted by Crippen LogP contribution is 2.25. The molecule has 0 fully saturated rings. The van der Waals surface area contributed by atoms with Crippen LogP contribution in [0.2, 0.25) is 0 Å². The fourth-order valence-electron chi connectivity index (χ4n) is 1.75. The van der Waals surface area contributed by atoms with Gasteiger partial charge < -0.3 is 0 Å². The van der Waals surface area contributed by atoms with E-state index in [0.29, 0.717) is 17.7 Å². The molecule has 1 aromatic heterocycles. The number of carbonyl (C=O) groups excluding carboxylic acids is 1. The maximum atomic E-state index is 10.6. The van der Waals surface area contributed by atoms with Crippen LogP contribution in [0.1, 0.15) is 30.6 Å². The van der Waals surface area contributed by atoms with E-state index in [1.807, 2.05) is 32.1 Å². The van der Waals surface area contributed by atoms with E-state index >= 15 is 0 Å². The largest absolute Gasteiger partial charge is 0.298 e. The lowest BCUT2D eigenvalue weighted by Crippen LogP contribution is -2.28. The molecule has 2 rings (SSSR count). The van der Waals surface area contributed by atoms with Gasteiger partial charge in [-0.15, -0.1) is 4.99 Å². The van der Waals surface area contributed by atoms with Crippen LogP contribution < -0.4 is 5.48 Å². The highest BCUT2D eigenvalue weighted by molar-refractivity contribution is 5.81. The zero-order chi connectivity index (χ0) is 13.0. The van der Waals surface area contributed by atoms with E-state index in [1.54, 1.807) is 0 Å². The lowest BCUT2D eigenvalue weighted by molar-refractivity contribution is -0.326. The molecule has 0 radical (unpaired) electrons. The maximum Gasteiger partial charge on any atom is 0.159 e. The Balaban J connectivity index is 1.89. The molecule has 0 spiro atoms. The topological polar surface area (TPSA) is 76.2 Å². The molecule has 6 heteroatoms. The van der Waals surface area contributed by atoms with Crippen LogP contribution in [0.15, 0.2) is 30.0 Å². The SMILES string of the molecule is CC1=C[C@@](C)(OONc2[nH]ncc2C=O)CC=C1. The highest BCUT2D eigenvalue weighted by Gasteiger charge is 2.25. The highest BCUT2D eigenvalue weighted by atomic mass is 17.3. The van der Waals surface area contributed by atoms with Crippen molar-refractivity contribution in [3.05, 3.63) is 35.6 Å². The number of hydrogen-bond acceptors (Lipinski definition) is 5. The van der Waals surface area contributed by atoms with Crippen molar-refractivity contribution < 1.29 is 14.7 Å². The Kier molecular flexibility index (Phi) is 3.59. The first-order chi connectivity index (χ1) is 8.63. The molecule has 0 aromatic carbocycles. The van der Waals surface area contributed by atoms with Gasteiger partial charge in [0.15, 0.2) is 12.1 Å². The number of aromatic amines is 1. The summed E-state index contributed by atoms with van der Waals surface area (Å²) in [6.07, 6.45) is 8.81. The molecule has 1 aromatic rings. The zero-order valence-electron chi connectivity index (χ0n) is 10.3. The normalized spacial score (nSPS) is 22.7. The van der Waals surface area contributed by atoms with Crippen molar-refractivity contribution in [3.8, 4) is 0 Å². The van der Waals surface area contributed by atoms with Crippen LogP contribution in [0.5, 0.6) is 0 Å². The summed E-state index contributed by atoms with van der Waals surface area (Å²) < 4.78 is 0. The van der Waals surface area contributed by atoms with E-state index < -0.39 is 5.60 Å². The molecule has 1 aliphatic rings. The molecule has 1 heterocycles. The third kappa shape index (κ3) is 2.85. The monoisotopic (exact) mass is 249 g/mol. The number of H-pyrrole nitrogens is 1. The molecule has 1 atom stereocenters. The van der Waals surface area contributed by atoms with Gasteiger partial charge in [-0.05, 0) is 19.9 Å². The van der Waals surface area contributed by atoms with E-state index in [0.717, 1.165) is 12.0 Å². The van der Waals surface area contributed by atoms with Gasteiger partial charge in [0, 0.05) is 6.42 Å². The lowest BCUT2D eigenvalue weighted by Gasteiger charge is -2.25. The summed E-state index contributed by atoms with van der Waals surface area (Å²) in [5.74, 6) is 0.362. The molecule has 0 saturated carbocycles. The third-order valence-electron chi connectivity index (χ3n) is 2.61. The van der Waals surface area contributed by atoms with Crippen molar-refractivity contribution in [2.24, 2.45) is 0 Å². The summed E-state index contributed by atoms with van der Waals surface area (Å²) in [4.78, 5) is 20.9. The van der Waals surface area contributed by atoms with Crippen LogP contribution in [0.3, 0.4) is 0 Å². The molecule has 0 bridgehead atoms. The molecular formula is C12H15N3O3. The molecule has 96 valence electrons. The van der Waals surface area contributed by atoms with Gasteiger partial charge in [0.05, 0.1) is 11.8 Å². The molecule has 18 heavy (non-hydrogen) atoms. The minimum absolute atomic E-state index is 0.362. The Morgan fingerprint density at radius 3 is 3.17 bits per heavy atom. The first-order valence-corrected chi connectivity index (χ1v) is 5.58. The van der Waals surface area contributed by atoms with Crippen LogP contribution in [0.25, 0.3) is 0 Å². The van der Waals surface area contributed by atoms with Crippen molar-refractivity contribution in [1.82, 2.24) is 10.2 Å². The van der Waals surface area contributed by atoms with E-state index in [1.165, 1.54) is 6.20 Å². The minimum Gasteiger partial charge on any atom is -0.298 e. The van der Waals surface area contributed by atoms with Crippen molar-refractivity contribution in [3.63, 3.8) is 0 Å². The molecule has 0 aliphatic heterocycles.